The van der Waals surface area contributed by atoms with Crippen molar-refractivity contribution < 1.29 is 9.94 Å². The van der Waals surface area contributed by atoms with E-state index in [1.54, 1.807) is 18.2 Å². The van der Waals surface area contributed by atoms with Gasteiger partial charge in [0, 0.05) is 5.02 Å². The van der Waals surface area contributed by atoms with Crippen molar-refractivity contribution in [2.75, 3.05) is 0 Å². The molecule has 1 aliphatic carbocycles. The molecule has 0 aromatic heterocycles. The van der Waals surface area contributed by atoms with Crippen LogP contribution in [0.4, 0.5) is 0 Å². The predicted molar refractivity (Wildman–Crippen MR) is 71.5 cm³/mol. The van der Waals surface area contributed by atoms with Gasteiger partial charge < -0.3 is 15.7 Å². The molecule has 18 heavy (non-hydrogen) atoms. The zero-order chi connectivity index (χ0) is 13.0. The van der Waals surface area contributed by atoms with Crippen molar-refractivity contribution in [2.24, 2.45) is 10.9 Å². The van der Waals surface area contributed by atoms with Crippen LogP contribution in [-0.4, -0.2) is 17.1 Å². The summed E-state index contributed by atoms with van der Waals surface area (Å²) in [4.78, 5) is 0. The molecule has 0 atom stereocenters. The van der Waals surface area contributed by atoms with Gasteiger partial charge in [-0.3, -0.25) is 0 Å². The predicted octanol–water partition coefficient (Wildman–Crippen LogP) is 3.15. The van der Waals surface area contributed by atoms with Gasteiger partial charge >= 0.3 is 0 Å². The maximum Gasteiger partial charge on any atom is 0.173 e. The molecule has 1 fully saturated rings. The van der Waals surface area contributed by atoms with Crippen molar-refractivity contribution in [1.82, 2.24) is 0 Å². The Kier molecular flexibility index (Phi) is 4.31. The van der Waals surface area contributed by atoms with E-state index in [1.807, 2.05) is 0 Å². The van der Waals surface area contributed by atoms with Crippen LogP contribution in [0.15, 0.2) is 23.4 Å². The molecule has 0 radical (unpaired) electrons. The summed E-state index contributed by atoms with van der Waals surface area (Å²) in [6, 6.07) is 5.16. The smallest absolute Gasteiger partial charge is 0.173 e. The van der Waals surface area contributed by atoms with Crippen molar-refractivity contribution >= 4 is 17.4 Å². The fourth-order valence-corrected chi connectivity index (χ4v) is 2.39. The number of oxime groups is 1. The van der Waals surface area contributed by atoms with Crippen molar-refractivity contribution in [2.45, 2.75) is 38.2 Å². The van der Waals surface area contributed by atoms with Gasteiger partial charge in [0.2, 0.25) is 0 Å². The Balaban J connectivity index is 2.20. The largest absolute Gasteiger partial charge is 0.490 e. The summed E-state index contributed by atoms with van der Waals surface area (Å²) in [5, 5.41) is 12.3. The molecule has 2 rings (SSSR count). The number of benzene rings is 1. The molecule has 0 amide bonds. The van der Waals surface area contributed by atoms with Crippen LogP contribution in [0.2, 0.25) is 5.02 Å². The van der Waals surface area contributed by atoms with E-state index in [0.29, 0.717) is 16.3 Å². The molecular weight excluding hydrogens is 252 g/mol. The summed E-state index contributed by atoms with van der Waals surface area (Å²) in [5.41, 5.74) is 6.17. The second kappa shape index (κ2) is 5.96. The molecular formula is C13H17ClN2O2. The molecule has 0 saturated heterocycles. The van der Waals surface area contributed by atoms with E-state index < -0.39 is 0 Å². The molecule has 1 saturated carbocycles. The van der Waals surface area contributed by atoms with Gasteiger partial charge in [0.25, 0.3) is 0 Å². The normalized spacial score (nSPS) is 17.7. The second-order valence-corrected chi connectivity index (χ2v) is 4.94. The molecule has 1 aliphatic rings. The summed E-state index contributed by atoms with van der Waals surface area (Å²) in [6.45, 7) is 0. The molecule has 1 aromatic rings. The van der Waals surface area contributed by atoms with Crippen molar-refractivity contribution in [1.29, 1.82) is 0 Å². The van der Waals surface area contributed by atoms with Crippen LogP contribution in [0, 0.1) is 0 Å². The maximum absolute atomic E-state index is 8.77. The van der Waals surface area contributed by atoms with Crippen LogP contribution >= 0.6 is 11.6 Å². The molecule has 5 heteroatoms. The second-order valence-electron chi connectivity index (χ2n) is 4.50. The summed E-state index contributed by atoms with van der Waals surface area (Å²) >= 11 is 5.91. The van der Waals surface area contributed by atoms with Gasteiger partial charge in [-0.2, -0.15) is 0 Å². The van der Waals surface area contributed by atoms with Gasteiger partial charge in [-0.15, -0.1) is 0 Å². The molecule has 0 aliphatic heterocycles. The summed E-state index contributed by atoms with van der Waals surface area (Å²) < 4.78 is 5.93. The zero-order valence-electron chi connectivity index (χ0n) is 10.1. The molecule has 98 valence electrons. The topological polar surface area (TPSA) is 67.8 Å². The average molecular weight is 269 g/mol. The number of rotatable bonds is 3. The minimum absolute atomic E-state index is 0.0170. The van der Waals surface area contributed by atoms with Gasteiger partial charge in [0.15, 0.2) is 5.84 Å². The Labute approximate surface area is 111 Å². The lowest BCUT2D eigenvalue weighted by atomic mass is 9.97. The van der Waals surface area contributed by atoms with Crippen LogP contribution in [-0.2, 0) is 0 Å². The molecule has 4 nitrogen and oxygen atoms in total. The van der Waals surface area contributed by atoms with E-state index in [0.717, 1.165) is 12.8 Å². The Bertz CT molecular complexity index is 443. The highest BCUT2D eigenvalue weighted by atomic mass is 35.5. The number of hydrogen-bond donors (Lipinski definition) is 2. The van der Waals surface area contributed by atoms with E-state index >= 15 is 0 Å². The third-order valence-corrected chi connectivity index (χ3v) is 3.41. The number of ether oxygens (including phenoxy) is 1. The van der Waals surface area contributed by atoms with Gasteiger partial charge in [0.05, 0.1) is 11.7 Å². The van der Waals surface area contributed by atoms with Gasteiger partial charge in [-0.1, -0.05) is 23.2 Å². The third-order valence-electron chi connectivity index (χ3n) is 3.17. The minimum Gasteiger partial charge on any atom is -0.490 e. The van der Waals surface area contributed by atoms with Gasteiger partial charge in [-0.25, -0.2) is 0 Å². The highest BCUT2D eigenvalue weighted by molar-refractivity contribution is 6.31. The fourth-order valence-electron chi connectivity index (χ4n) is 2.22. The van der Waals surface area contributed by atoms with E-state index in [9.17, 15) is 0 Å². The first kappa shape index (κ1) is 13.0. The van der Waals surface area contributed by atoms with Crippen LogP contribution in [0.5, 0.6) is 5.75 Å². The Morgan fingerprint density at radius 3 is 2.72 bits per heavy atom. The molecule has 1 aromatic carbocycles. The number of halogens is 1. The highest BCUT2D eigenvalue weighted by Crippen LogP contribution is 2.28. The van der Waals surface area contributed by atoms with E-state index in [4.69, 9.17) is 27.3 Å². The highest BCUT2D eigenvalue weighted by Gasteiger charge is 2.17. The molecule has 0 unspecified atom stereocenters. The number of amidine groups is 1. The molecule has 0 spiro atoms. The number of nitrogens with zero attached hydrogens (tertiary/aromatic N) is 1. The summed E-state index contributed by atoms with van der Waals surface area (Å²) in [7, 11) is 0. The SMILES string of the molecule is N/C(=N/O)c1cc(Cl)ccc1OC1CCCCC1. The Hall–Kier alpha value is -1.42. The van der Waals surface area contributed by atoms with Crippen LogP contribution in [0.25, 0.3) is 0 Å². The summed E-state index contributed by atoms with van der Waals surface area (Å²) in [5.74, 6) is 0.643. The van der Waals surface area contributed by atoms with E-state index in [-0.39, 0.29) is 11.9 Å². The standard InChI is InChI=1S/C13H17ClN2O2/c14-9-6-7-12(11(8-9)13(15)16-17)18-10-4-2-1-3-5-10/h6-8,10,17H,1-5H2,(H2,15,16). The van der Waals surface area contributed by atoms with E-state index in [2.05, 4.69) is 5.16 Å². The van der Waals surface area contributed by atoms with Crippen LogP contribution in [0.1, 0.15) is 37.7 Å². The van der Waals surface area contributed by atoms with Crippen LogP contribution in [0.3, 0.4) is 0 Å². The zero-order valence-corrected chi connectivity index (χ0v) is 10.9. The lowest BCUT2D eigenvalue weighted by Gasteiger charge is -2.24. The third kappa shape index (κ3) is 3.07. The quantitative estimate of drug-likeness (QED) is 0.383. The van der Waals surface area contributed by atoms with Gasteiger partial charge in [0.1, 0.15) is 5.75 Å². The van der Waals surface area contributed by atoms with Crippen LogP contribution < -0.4 is 10.5 Å². The minimum atomic E-state index is 0.0170. The number of nitrogens with two attached hydrogens (primary N) is 1. The fraction of sp³-hybridized carbons (Fsp3) is 0.462. The van der Waals surface area contributed by atoms with E-state index in [1.165, 1.54) is 19.3 Å². The molecule has 0 heterocycles. The van der Waals surface area contributed by atoms with Crippen molar-refractivity contribution in [3.8, 4) is 5.75 Å². The van der Waals surface area contributed by atoms with Gasteiger partial charge in [-0.05, 0) is 43.9 Å². The number of hydrogen-bond acceptors (Lipinski definition) is 3. The first-order valence-electron chi connectivity index (χ1n) is 6.15. The van der Waals surface area contributed by atoms with Crippen molar-refractivity contribution in [3.63, 3.8) is 0 Å². The lowest BCUT2D eigenvalue weighted by Crippen LogP contribution is -2.22. The first-order valence-corrected chi connectivity index (χ1v) is 6.52. The first-order chi connectivity index (χ1) is 8.70. The summed E-state index contributed by atoms with van der Waals surface area (Å²) in [6.07, 6.45) is 5.98. The maximum atomic E-state index is 8.77. The molecule has 0 bridgehead atoms. The average Bonchev–Trinajstić information content (AvgIpc) is 2.41. The lowest BCUT2D eigenvalue weighted by molar-refractivity contribution is 0.154. The Morgan fingerprint density at radius 2 is 2.06 bits per heavy atom. The molecule has 3 N–H and O–H groups in total. The van der Waals surface area contributed by atoms with Crippen molar-refractivity contribution in [3.05, 3.63) is 28.8 Å². The Morgan fingerprint density at radius 1 is 1.33 bits per heavy atom. The monoisotopic (exact) mass is 268 g/mol.